The van der Waals surface area contributed by atoms with Crippen LogP contribution in [-0.4, -0.2) is 29.6 Å². The smallest absolute Gasteiger partial charge is 0.268 e. The Morgan fingerprint density at radius 1 is 1.69 bits per heavy atom. The molecule has 88 valence electrons. The van der Waals surface area contributed by atoms with Gasteiger partial charge in [0, 0.05) is 18.9 Å². The number of carbonyl (C=O) groups is 1. The summed E-state index contributed by atoms with van der Waals surface area (Å²) in [6.45, 7) is 3.17. The van der Waals surface area contributed by atoms with Gasteiger partial charge in [-0.25, -0.2) is 4.39 Å². The fourth-order valence-corrected chi connectivity index (χ4v) is 1.87. The van der Waals surface area contributed by atoms with Crippen LogP contribution < -0.4 is 5.32 Å². The normalized spacial score (nSPS) is 25.4. The predicted molar refractivity (Wildman–Crippen MR) is 56.7 cm³/mol. The van der Waals surface area contributed by atoms with E-state index in [9.17, 15) is 9.18 Å². The highest BCUT2D eigenvalue weighted by molar-refractivity contribution is 5.92. The lowest BCUT2D eigenvalue weighted by atomic mass is 9.95. The van der Waals surface area contributed by atoms with Gasteiger partial charge in [-0.1, -0.05) is 0 Å². The highest BCUT2D eigenvalue weighted by Gasteiger charge is 2.29. The van der Waals surface area contributed by atoms with E-state index in [0.29, 0.717) is 6.61 Å². The number of aromatic nitrogens is 1. The number of halogens is 1. The summed E-state index contributed by atoms with van der Waals surface area (Å²) in [6.07, 6.45) is 2.96. The lowest BCUT2D eigenvalue weighted by Gasteiger charge is -2.34. The van der Waals surface area contributed by atoms with E-state index in [0.717, 1.165) is 25.6 Å². The van der Waals surface area contributed by atoms with Crippen LogP contribution in [0.3, 0.4) is 0 Å². The van der Waals surface area contributed by atoms with E-state index >= 15 is 0 Å². The van der Waals surface area contributed by atoms with E-state index in [1.54, 1.807) is 0 Å². The first-order valence-corrected chi connectivity index (χ1v) is 5.33. The van der Waals surface area contributed by atoms with Crippen LogP contribution >= 0.6 is 0 Å². The van der Waals surface area contributed by atoms with Gasteiger partial charge in [0.1, 0.15) is 11.5 Å². The average Bonchev–Trinajstić information content (AvgIpc) is 2.65. The Hall–Kier alpha value is -1.36. The molecule has 2 rings (SSSR count). The number of carbonyl (C=O) groups excluding carboxylic acids is 1. The van der Waals surface area contributed by atoms with Gasteiger partial charge < -0.3 is 15.0 Å². The van der Waals surface area contributed by atoms with Crippen LogP contribution in [0.4, 0.5) is 4.39 Å². The minimum Gasteiger partial charge on any atom is -0.379 e. The van der Waals surface area contributed by atoms with Crippen molar-refractivity contribution in [1.29, 1.82) is 0 Å². The predicted octanol–water partition coefficient (Wildman–Crippen LogP) is 1.45. The molecule has 1 aromatic rings. The highest BCUT2D eigenvalue weighted by atomic mass is 19.1. The largest absolute Gasteiger partial charge is 0.379 e. The molecule has 0 spiro atoms. The number of hydrogen-bond acceptors (Lipinski definition) is 2. The summed E-state index contributed by atoms with van der Waals surface area (Å²) >= 11 is 0. The van der Waals surface area contributed by atoms with Crippen molar-refractivity contribution in [3.63, 3.8) is 0 Å². The molecule has 1 aliphatic heterocycles. The number of hydrogen-bond donors (Lipinski definition) is 2. The van der Waals surface area contributed by atoms with Gasteiger partial charge in [0.05, 0.1) is 12.1 Å². The molecule has 2 N–H and O–H groups in total. The van der Waals surface area contributed by atoms with Gasteiger partial charge in [0.25, 0.3) is 5.91 Å². The third kappa shape index (κ3) is 2.41. The van der Waals surface area contributed by atoms with Crippen LogP contribution in [0.5, 0.6) is 0 Å². The standard InChI is InChI=1S/C11H15FN2O2/c1-11(3-2-4-16-7-11)14-10(15)9-5-8(12)6-13-9/h5-6,13H,2-4,7H2,1H3,(H,14,15). The van der Waals surface area contributed by atoms with Crippen molar-refractivity contribution >= 4 is 5.91 Å². The molecule has 4 nitrogen and oxygen atoms in total. The fourth-order valence-electron chi connectivity index (χ4n) is 1.87. The molecule has 0 aromatic carbocycles. The van der Waals surface area contributed by atoms with Gasteiger partial charge in [-0.3, -0.25) is 4.79 Å². The van der Waals surface area contributed by atoms with Gasteiger partial charge in [-0.2, -0.15) is 0 Å². The number of rotatable bonds is 2. The van der Waals surface area contributed by atoms with E-state index in [4.69, 9.17) is 4.74 Å². The lowest BCUT2D eigenvalue weighted by Crippen LogP contribution is -2.51. The van der Waals surface area contributed by atoms with Crippen molar-refractivity contribution in [2.45, 2.75) is 25.3 Å². The van der Waals surface area contributed by atoms with Gasteiger partial charge in [0.15, 0.2) is 0 Å². The summed E-state index contributed by atoms with van der Waals surface area (Å²) in [5.41, 5.74) is -0.110. The first-order valence-electron chi connectivity index (χ1n) is 5.33. The minimum atomic E-state index is -0.435. The molecule has 0 radical (unpaired) electrons. The van der Waals surface area contributed by atoms with Crippen molar-refractivity contribution in [1.82, 2.24) is 10.3 Å². The van der Waals surface area contributed by atoms with Crippen molar-refractivity contribution in [3.8, 4) is 0 Å². The van der Waals surface area contributed by atoms with E-state index in [1.165, 1.54) is 6.07 Å². The van der Waals surface area contributed by atoms with Crippen molar-refractivity contribution in [3.05, 3.63) is 23.8 Å². The van der Waals surface area contributed by atoms with Crippen molar-refractivity contribution in [2.24, 2.45) is 0 Å². The monoisotopic (exact) mass is 226 g/mol. The molecule has 0 saturated carbocycles. The Kier molecular flexibility index (Phi) is 2.96. The second kappa shape index (κ2) is 4.25. The summed E-state index contributed by atoms with van der Waals surface area (Å²) < 4.78 is 18.1. The maximum Gasteiger partial charge on any atom is 0.268 e. The Balaban J connectivity index is 2.01. The van der Waals surface area contributed by atoms with Gasteiger partial charge >= 0.3 is 0 Å². The molecule has 2 heterocycles. The van der Waals surface area contributed by atoms with E-state index in [2.05, 4.69) is 10.3 Å². The summed E-state index contributed by atoms with van der Waals surface area (Å²) in [5, 5.41) is 2.86. The maximum atomic E-state index is 12.7. The second-order valence-corrected chi connectivity index (χ2v) is 4.40. The summed E-state index contributed by atoms with van der Waals surface area (Å²) in [4.78, 5) is 14.4. The Morgan fingerprint density at radius 2 is 2.50 bits per heavy atom. The molecule has 1 unspecified atom stereocenters. The van der Waals surface area contributed by atoms with Crippen LogP contribution in [0.25, 0.3) is 0 Å². The summed E-state index contributed by atoms with van der Waals surface area (Å²) in [5.74, 6) is -0.730. The molecule has 1 amide bonds. The van der Waals surface area contributed by atoms with Crippen molar-refractivity contribution in [2.75, 3.05) is 13.2 Å². The van der Waals surface area contributed by atoms with Gasteiger partial charge in [0.2, 0.25) is 0 Å². The Morgan fingerprint density at radius 3 is 3.06 bits per heavy atom. The number of ether oxygens (including phenoxy) is 1. The topological polar surface area (TPSA) is 54.1 Å². The first-order chi connectivity index (χ1) is 7.59. The summed E-state index contributed by atoms with van der Waals surface area (Å²) in [7, 11) is 0. The highest BCUT2D eigenvalue weighted by Crippen LogP contribution is 2.18. The number of H-pyrrole nitrogens is 1. The lowest BCUT2D eigenvalue weighted by molar-refractivity contribution is 0.0271. The van der Waals surface area contributed by atoms with Crippen LogP contribution in [-0.2, 0) is 4.74 Å². The average molecular weight is 226 g/mol. The molecule has 0 aliphatic carbocycles. The zero-order valence-corrected chi connectivity index (χ0v) is 9.18. The molecule has 1 aliphatic rings. The van der Waals surface area contributed by atoms with Gasteiger partial charge in [-0.05, 0) is 19.8 Å². The number of amides is 1. The molecule has 1 atom stereocenters. The Bertz CT molecular complexity index is 383. The van der Waals surface area contributed by atoms with Crippen LogP contribution in [0.2, 0.25) is 0 Å². The number of nitrogens with one attached hydrogen (secondary N) is 2. The van der Waals surface area contributed by atoms with E-state index in [-0.39, 0.29) is 17.1 Å². The van der Waals surface area contributed by atoms with Gasteiger partial charge in [-0.15, -0.1) is 0 Å². The zero-order valence-electron chi connectivity index (χ0n) is 9.18. The molecule has 16 heavy (non-hydrogen) atoms. The maximum absolute atomic E-state index is 12.7. The van der Waals surface area contributed by atoms with Crippen LogP contribution in [0.15, 0.2) is 12.3 Å². The third-order valence-electron chi connectivity index (χ3n) is 2.75. The molecule has 1 saturated heterocycles. The van der Waals surface area contributed by atoms with Crippen LogP contribution in [0, 0.1) is 5.82 Å². The third-order valence-corrected chi connectivity index (χ3v) is 2.75. The molecule has 1 aromatic heterocycles. The first kappa shape index (κ1) is 11.1. The SMILES string of the molecule is CC1(NC(=O)c2cc(F)c[nH]2)CCCOC1. The molecule has 0 bridgehead atoms. The Labute approximate surface area is 93.2 Å². The number of aromatic amines is 1. The van der Waals surface area contributed by atoms with E-state index in [1.807, 2.05) is 6.92 Å². The van der Waals surface area contributed by atoms with Crippen molar-refractivity contribution < 1.29 is 13.9 Å². The molecular weight excluding hydrogens is 211 g/mol. The molecular formula is C11H15FN2O2. The fraction of sp³-hybridized carbons (Fsp3) is 0.545. The summed E-state index contributed by atoms with van der Waals surface area (Å²) in [6, 6.07) is 1.18. The second-order valence-electron chi connectivity index (χ2n) is 4.40. The van der Waals surface area contributed by atoms with Crippen LogP contribution in [0.1, 0.15) is 30.3 Å². The molecule has 5 heteroatoms. The van der Waals surface area contributed by atoms with E-state index < -0.39 is 5.82 Å². The quantitative estimate of drug-likeness (QED) is 0.802. The molecule has 1 fully saturated rings. The minimum absolute atomic E-state index is 0.240. The zero-order chi connectivity index (χ0) is 11.6.